The molecule has 16 heavy (non-hydrogen) atoms. The highest BCUT2D eigenvalue weighted by Gasteiger charge is 2.50. The topological polar surface area (TPSA) is 47.6 Å². The maximum absolute atomic E-state index is 10.7. The minimum atomic E-state index is -0.258. The van der Waals surface area contributed by atoms with Gasteiger partial charge in [0.15, 0.2) is 0 Å². The minimum Gasteiger partial charge on any atom is -0.403 e. The third kappa shape index (κ3) is 3.22. The largest absolute Gasteiger partial charge is 0.457 e. The van der Waals surface area contributed by atoms with Crippen LogP contribution in [-0.2, 0) is 14.1 Å². The van der Waals surface area contributed by atoms with Crippen molar-refractivity contribution in [2.45, 2.75) is 58.6 Å². The Kier molecular flexibility index (Phi) is 4.02. The Balaban J connectivity index is 2.29. The van der Waals surface area contributed by atoms with Gasteiger partial charge in [0, 0.05) is 13.5 Å². The second kappa shape index (κ2) is 4.76. The third-order valence-electron chi connectivity index (χ3n) is 3.29. The number of carbonyl (C=O) groups is 1. The molecule has 1 amide bonds. The van der Waals surface area contributed by atoms with Gasteiger partial charge in [-0.15, -0.1) is 0 Å². The molecule has 1 fully saturated rings. The molecule has 5 heteroatoms. The Bertz CT molecular complexity index is 250. The van der Waals surface area contributed by atoms with Gasteiger partial charge in [0.05, 0.1) is 11.2 Å². The van der Waals surface area contributed by atoms with E-state index in [0.29, 0.717) is 6.54 Å². The highest BCUT2D eigenvalue weighted by molar-refractivity contribution is 6.45. The number of rotatable bonds is 4. The third-order valence-corrected chi connectivity index (χ3v) is 3.29. The van der Waals surface area contributed by atoms with E-state index in [-0.39, 0.29) is 24.2 Å². The first-order valence-electron chi connectivity index (χ1n) is 5.85. The second-order valence-corrected chi connectivity index (χ2v) is 5.31. The molecule has 0 radical (unpaired) electrons. The SMILES string of the molecule is CC(=O)NCCCB1OC(C)(C)C(C)(C)O1. The van der Waals surface area contributed by atoms with E-state index in [1.54, 1.807) is 0 Å². The van der Waals surface area contributed by atoms with Crippen molar-refractivity contribution >= 4 is 13.0 Å². The summed E-state index contributed by atoms with van der Waals surface area (Å²) in [4.78, 5) is 10.7. The first-order chi connectivity index (χ1) is 7.24. The molecule has 0 unspecified atom stereocenters. The Morgan fingerprint density at radius 3 is 2.12 bits per heavy atom. The van der Waals surface area contributed by atoms with Crippen molar-refractivity contribution in [2.24, 2.45) is 0 Å². The fraction of sp³-hybridized carbons (Fsp3) is 0.909. The van der Waals surface area contributed by atoms with Crippen molar-refractivity contribution in [3.05, 3.63) is 0 Å². The number of hydrogen-bond donors (Lipinski definition) is 1. The van der Waals surface area contributed by atoms with Gasteiger partial charge in [-0.2, -0.15) is 0 Å². The summed E-state index contributed by atoms with van der Waals surface area (Å²) in [7, 11) is -0.154. The average molecular weight is 227 g/mol. The molecule has 0 saturated carbocycles. The Labute approximate surface area is 98.2 Å². The van der Waals surface area contributed by atoms with Gasteiger partial charge < -0.3 is 14.6 Å². The van der Waals surface area contributed by atoms with E-state index in [4.69, 9.17) is 9.31 Å². The number of hydrogen-bond acceptors (Lipinski definition) is 3. The quantitative estimate of drug-likeness (QED) is 0.586. The van der Waals surface area contributed by atoms with Crippen LogP contribution in [0.3, 0.4) is 0 Å². The number of carbonyl (C=O) groups excluding carboxylic acids is 1. The lowest BCUT2D eigenvalue weighted by Gasteiger charge is -2.32. The Morgan fingerprint density at radius 2 is 1.69 bits per heavy atom. The lowest BCUT2D eigenvalue weighted by Crippen LogP contribution is -2.41. The summed E-state index contributed by atoms with van der Waals surface area (Å²) in [5.74, 6) is 0.00826. The average Bonchev–Trinajstić information content (AvgIpc) is 2.29. The van der Waals surface area contributed by atoms with Crippen molar-refractivity contribution in [2.75, 3.05) is 6.54 Å². The van der Waals surface area contributed by atoms with Crippen LogP contribution in [0.5, 0.6) is 0 Å². The van der Waals surface area contributed by atoms with E-state index in [2.05, 4.69) is 5.32 Å². The lowest BCUT2D eigenvalue weighted by molar-refractivity contribution is -0.118. The zero-order chi connectivity index (χ0) is 12.4. The Morgan fingerprint density at radius 1 is 1.19 bits per heavy atom. The van der Waals surface area contributed by atoms with Crippen LogP contribution in [0.1, 0.15) is 41.0 Å². The standard InChI is InChI=1S/C11H22BNO3/c1-9(14)13-8-6-7-12-15-10(2,3)11(4,5)16-12/h6-8H2,1-5H3,(H,13,14). The normalized spacial score (nSPS) is 22.2. The summed E-state index contributed by atoms with van der Waals surface area (Å²) in [6, 6.07) is 0. The molecule has 92 valence electrons. The van der Waals surface area contributed by atoms with Crippen molar-refractivity contribution in [3.8, 4) is 0 Å². The highest BCUT2D eigenvalue weighted by Crippen LogP contribution is 2.37. The van der Waals surface area contributed by atoms with Gasteiger partial charge in [-0.05, 0) is 40.4 Å². The van der Waals surface area contributed by atoms with Gasteiger partial charge in [-0.3, -0.25) is 4.79 Å². The fourth-order valence-electron chi connectivity index (χ4n) is 1.62. The van der Waals surface area contributed by atoms with Crippen LogP contribution in [0, 0.1) is 0 Å². The molecule has 0 spiro atoms. The summed E-state index contributed by atoms with van der Waals surface area (Å²) >= 11 is 0. The number of nitrogens with one attached hydrogen (secondary N) is 1. The van der Waals surface area contributed by atoms with Gasteiger partial charge in [-0.25, -0.2) is 0 Å². The van der Waals surface area contributed by atoms with E-state index in [1.807, 2.05) is 27.7 Å². The van der Waals surface area contributed by atoms with Gasteiger partial charge in [0.1, 0.15) is 0 Å². The van der Waals surface area contributed by atoms with Crippen molar-refractivity contribution in [3.63, 3.8) is 0 Å². The van der Waals surface area contributed by atoms with Crippen LogP contribution >= 0.6 is 0 Å². The van der Waals surface area contributed by atoms with E-state index < -0.39 is 0 Å². The maximum atomic E-state index is 10.7. The first-order valence-corrected chi connectivity index (χ1v) is 5.85. The van der Waals surface area contributed by atoms with Gasteiger partial charge in [0.25, 0.3) is 0 Å². The monoisotopic (exact) mass is 227 g/mol. The summed E-state index contributed by atoms with van der Waals surface area (Å²) in [5, 5.41) is 2.76. The molecule has 1 heterocycles. The summed E-state index contributed by atoms with van der Waals surface area (Å²) < 4.78 is 11.7. The maximum Gasteiger partial charge on any atom is 0.457 e. The summed E-state index contributed by atoms with van der Waals surface area (Å²) in [6.07, 6.45) is 1.68. The van der Waals surface area contributed by atoms with Crippen LogP contribution in [0.15, 0.2) is 0 Å². The smallest absolute Gasteiger partial charge is 0.403 e. The van der Waals surface area contributed by atoms with E-state index in [1.165, 1.54) is 6.92 Å². The second-order valence-electron chi connectivity index (χ2n) is 5.31. The van der Waals surface area contributed by atoms with Crippen molar-refractivity contribution in [1.82, 2.24) is 5.32 Å². The van der Waals surface area contributed by atoms with E-state index in [9.17, 15) is 4.79 Å². The van der Waals surface area contributed by atoms with Gasteiger partial charge in [0.2, 0.25) is 5.91 Å². The van der Waals surface area contributed by atoms with Crippen LogP contribution in [0.4, 0.5) is 0 Å². The van der Waals surface area contributed by atoms with Gasteiger partial charge >= 0.3 is 7.12 Å². The molecular weight excluding hydrogens is 205 g/mol. The molecule has 1 N–H and O–H groups in total. The number of amides is 1. The fourth-order valence-corrected chi connectivity index (χ4v) is 1.62. The summed E-state index contributed by atoms with van der Waals surface area (Å²) in [6.45, 7) is 10.4. The van der Waals surface area contributed by atoms with E-state index in [0.717, 1.165) is 12.7 Å². The molecule has 0 aromatic carbocycles. The minimum absolute atomic E-state index is 0.00826. The lowest BCUT2D eigenvalue weighted by atomic mass is 9.83. The molecule has 4 nitrogen and oxygen atoms in total. The van der Waals surface area contributed by atoms with Crippen molar-refractivity contribution in [1.29, 1.82) is 0 Å². The predicted octanol–water partition coefficient (Wildman–Crippen LogP) is 1.60. The van der Waals surface area contributed by atoms with Crippen LogP contribution < -0.4 is 5.32 Å². The van der Waals surface area contributed by atoms with E-state index >= 15 is 0 Å². The molecular formula is C11H22BNO3. The molecule has 1 saturated heterocycles. The van der Waals surface area contributed by atoms with Gasteiger partial charge in [-0.1, -0.05) is 0 Å². The Hall–Kier alpha value is -0.545. The molecule has 1 aliphatic rings. The molecule has 1 rings (SSSR count). The molecule has 0 atom stereocenters. The highest BCUT2D eigenvalue weighted by atomic mass is 16.7. The summed E-state index contributed by atoms with van der Waals surface area (Å²) in [5.41, 5.74) is -0.517. The zero-order valence-corrected chi connectivity index (χ0v) is 10.9. The van der Waals surface area contributed by atoms with Crippen LogP contribution in [0.25, 0.3) is 0 Å². The molecule has 0 aromatic rings. The van der Waals surface area contributed by atoms with Crippen LogP contribution in [-0.4, -0.2) is 30.8 Å². The zero-order valence-electron chi connectivity index (χ0n) is 10.9. The van der Waals surface area contributed by atoms with Crippen molar-refractivity contribution < 1.29 is 14.1 Å². The predicted molar refractivity (Wildman–Crippen MR) is 64.2 cm³/mol. The molecule has 0 aromatic heterocycles. The molecule has 0 aliphatic carbocycles. The molecule has 0 bridgehead atoms. The first kappa shape index (κ1) is 13.5. The van der Waals surface area contributed by atoms with Crippen LogP contribution in [0.2, 0.25) is 6.32 Å². The molecule has 1 aliphatic heterocycles.